The molecule has 0 atom stereocenters. The molecule has 1 aromatic carbocycles. The molecule has 89 valence electrons. The van der Waals surface area contributed by atoms with Crippen LogP contribution in [0.5, 0.6) is 0 Å². The second-order valence-corrected chi connectivity index (χ2v) is 4.25. The van der Waals surface area contributed by atoms with E-state index < -0.39 is 0 Å². The van der Waals surface area contributed by atoms with Crippen LogP contribution in [0.15, 0.2) is 39.7 Å². The first-order valence-corrected chi connectivity index (χ1v) is 6.11. The summed E-state index contributed by atoms with van der Waals surface area (Å²) >= 11 is 0. The molecule has 0 amide bonds. The highest BCUT2D eigenvalue weighted by Crippen LogP contribution is 2.12. The molecule has 17 heavy (non-hydrogen) atoms. The van der Waals surface area contributed by atoms with E-state index in [0.29, 0.717) is 11.0 Å². The molecule has 1 radical (unpaired) electrons. The van der Waals surface area contributed by atoms with Crippen molar-refractivity contribution in [3.63, 3.8) is 0 Å². The van der Waals surface area contributed by atoms with E-state index in [2.05, 4.69) is 6.92 Å². The SMILES string of the molecule is [CH2]CCCCCc1coc2ccccc2c1=O. The van der Waals surface area contributed by atoms with E-state index in [1.54, 1.807) is 6.26 Å². The number of aryl methyl sites for hydroxylation is 1. The second-order valence-electron chi connectivity index (χ2n) is 4.25. The zero-order valence-corrected chi connectivity index (χ0v) is 9.95. The van der Waals surface area contributed by atoms with Crippen LogP contribution in [-0.4, -0.2) is 0 Å². The lowest BCUT2D eigenvalue weighted by atomic mass is 10.1. The highest BCUT2D eigenvalue weighted by atomic mass is 16.3. The Morgan fingerprint density at radius 1 is 1.12 bits per heavy atom. The zero-order chi connectivity index (χ0) is 12.1. The van der Waals surface area contributed by atoms with Crippen LogP contribution in [0, 0.1) is 6.92 Å². The third-order valence-electron chi connectivity index (χ3n) is 2.95. The van der Waals surface area contributed by atoms with Gasteiger partial charge < -0.3 is 4.42 Å². The molecule has 0 spiro atoms. The van der Waals surface area contributed by atoms with Gasteiger partial charge in [0, 0.05) is 5.56 Å². The van der Waals surface area contributed by atoms with Gasteiger partial charge in [0.05, 0.1) is 11.6 Å². The van der Waals surface area contributed by atoms with Crippen LogP contribution in [0.25, 0.3) is 11.0 Å². The molecule has 0 saturated heterocycles. The van der Waals surface area contributed by atoms with E-state index in [0.717, 1.165) is 37.7 Å². The van der Waals surface area contributed by atoms with Crippen molar-refractivity contribution in [3.05, 3.63) is 53.2 Å². The zero-order valence-electron chi connectivity index (χ0n) is 9.95. The van der Waals surface area contributed by atoms with E-state index in [-0.39, 0.29) is 5.43 Å². The molecule has 1 heterocycles. The van der Waals surface area contributed by atoms with Crippen LogP contribution in [0.1, 0.15) is 31.2 Å². The van der Waals surface area contributed by atoms with Gasteiger partial charge in [0.2, 0.25) is 0 Å². The Morgan fingerprint density at radius 2 is 1.94 bits per heavy atom. The van der Waals surface area contributed by atoms with Crippen molar-refractivity contribution in [3.8, 4) is 0 Å². The number of rotatable bonds is 5. The molecule has 0 aliphatic heterocycles. The largest absolute Gasteiger partial charge is 0.464 e. The smallest absolute Gasteiger partial charge is 0.195 e. The third kappa shape index (κ3) is 2.76. The van der Waals surface area contributed by atoms with E-state index >= 15 is 0 Å². The maximum atomic E-state index is 12.1. The highest BCUT2D eigenvalue weighted by molar-refractivity contribution is 5.76. The van der Waals surface area contributed by atoms with E-state index in [1.165, 1.54) is 0 Å². The molecule has 1 aromatic heterocycles. The Balaban J connectivity index is 2.18. The molecule has 2 rings (SSSR count). The first kappa shape index (κ1) is 11.9. The Labute approximate surface area is 101 Å². The van der Waals surface area contributed by atoms with Gasteiger partial charge in [0.15, 0.2) is 5.43 Å². The average Bonchev–Trinajstić information content (AvgIpc) is 2.37. The van der Waals surface area contributed by atoms with Gasteiger partial charge in [-0.3, -0.25) is 4.79 Å². The number of hydrogen-bond donors (Lipinski definition) is 0. The Bertz CT molecular complexity index is 540. The summed E-state index contributed by atoms with van der Waals surface area (Å²) in [5, 5.41) is 0.683. The number of unbranched alkanes of at least 4 members (excludes halogenated alkanes) is 3. The topological polar surface area (TPSA) is 30.2 Å². The Hall–Kier alpha value is -1.57. The summed E-state index contributed by atoms with van der Waals surface area (Å²) in [7, 11) is 0. The lowest BCUT2D eigenvalue weighted by Gasteiger charge is -2.02. The third-order valence-corrected chi connectivity index (χ3v) is 2.95. The standard InChI is InChI=1S/C15H17O2/c1-2-3-4-5-8-12-11-17-14-10-7-6-9-13(14)15(12)16/h6-7,9-11H,1-5,8H2. The molecule has 0 saturated carbocycles. The molecule has 0 unspecified atom stereocenters. The molecule has 0 fully saturated rings. The van der Waals surface area contributed by atoms with Crippen LogP contribution in [-0.2, 0) is 6.42 Å². The predicted octanol–water partition coefficient (Wildman–Crippen LogP) is 3.73. The van der Waals surface area contributed by atoms with Crippen molar-refractivity contribution < 1.29 is 4.42 Å². The minimum absolute atomic E-state index is 0.112. The normalized spacial score (nSPS) is 10.9. The van der Waals surface area contributed by atoms with Crippen LogP contribution >= 0.6 is 0 Å². The summed E-state index contributed by atoms with van der Waals surface area (Å²) in [6.45, 7) is 3.81. The van der Waals surface area contributed by atoms with E-state index in [9.17, 15) is 4.79 Å². The second kappa shape index (κ2) is 5.67. The predicted molar refractivity (Wildman–Crippen MR) is 70.0 cm³/mol. The number of benzene rings is 1. The summed E-state index contributed by atoms with van der Waals surface area (Å²) < 4.78 is 5.47. The lowest BCUT2D eigenvalue weighted by Crippen LogP contribution is -2.08. The Kier molecular flexibility index (Phi) is 3.97. The van der Waals surface area contributed by atoms with Crippen molar-refractivity contribution in [2.24, 2.45) is 0 Å². The quantitative estimate of drug-likeness (QED) is 0.731. The minimum atomic E-state index is 0.112. The summed E-state index contributed by atoms with van der Waals surface area (Å²) in [6, 6.07) is 7.38. The monoisotopic (exact) mass is 229 g/mol. The fourth-order valence-electron chi connectivity index (χ4n) is 1.96. The van der Waals surface area contributed by atoms with Crippen molar-refractivity contribution in [1.29, 1.82) is 0 Å². The number of para-hydroxylation sites is 1. The van der Waals surface area contributed by atoms with Crippen molar-refractivity contribution in [1.82, 2.24) is 0 Å². The van der Waals surface area contributed by atoms with Crippen LogP contribution in [0.2, 0.25) is 0 Å². The van der Waals surface area contributed by atoms with Gasteiger partial charge in [0.1, 0.15) is 5.58 Å². The first-order valence-electron chi connectivity index (χ1n) is 6.11. The minimum Gasteiger partial charge on any atom is -0.464 e. The molecular weight excluding hydrogens is 212 g/mol. The van der Waals surface area contributed by atoms with Crippen molar-refractivity contribution in [2.75, 3.05) is 0 Å². The van der Waals surface area contributed by atoms with Gasteiger partial charge in [-0.1, -0.05) is 38.3 Å². The van der Waals surface area contributed by atoms with Gasteiger partial charge in [-0.05, 0) is 25.0 Å². The highest BCUT2D eigenvalue weighted by Gasteiger charge is 2.05. The fraction of sp³-hybridized carbons (Fsp3) is 0.333. The van der Waals surface area contributed by atoms with Gasteiger partial charge in [-0.15, -0.1) is 0 Å². The van der Waals surface area contributed by atoms with Gasteiger partial charge in [-0.2, -0.15) is 0 Å². The number of hydrogen-bond acceptors (Lipinski definition) is 2. The molecule has 2 aromatic rings. The number of fused-ring (bicyclic) bond motifs is 1. The molecule has 2 heteroatoms. The molecular formula is C15H17O2. The summed E-state index contributed by atoms with van der Waals surface area (Å²) in [5.41, 5.74) is 1.56. The summed E-state index contributed by atoms with van der Waals surface area (Å²) in [6.07, 6.45) is 6.64. The summed E-state index contributed by atoms with van der Waals surface area (Å²) in [5.74, 6) is 0. The Morgan fingerprint density at radius 3 is 2.76 bits per heavy atom. The summed E-state index contributed by atoms with van der Waals surface area (Å²) in [4.78, 5) is 12.1. The van der Waals surface area contributed by atoms with Crippen molar-refractivity contribution >= 4 is 11.0 Å². The fourth-order valence-corrected chi connectivity index (χ4v) is 1.96. The molecule has 0 N–H and O–H groups in total. The van der Waals surface area contributed by atoms with Gasteiger partial charge in [-0.25, -0.2) is 0 Å². The van der Waals surface area contributed by atoms with Crippen LogP contribution in [0.3, 0.4) is 0 Å². The maximum absolute atomic E-state index is 12.1. The molecule has 2 nitrogen and oxygen atoms in total. The molecule has 0 aliphatic rings. The van der Waals surface area contributed by atoms with E-state index in [4.69, 9.17) is 4.42 Å². The van der Waals surface area contributed by atoms with Gasteiger partial charge in [0.25, 0.3) is 0 Å². The van der Waals surface area contributed by atoms with Crippen molar-refractivity contribution in [2.45, 2.75) is 32.1 Å². The van der Waals surface area contributed by atoms with Crippen LogP contribution in [0.4, 0.5) is 0 Å². The lowest BCUT2D eigenvalue weighted by molar-refractivity contribution is 0.585. The first-order chi connectivity index (χ1) is 8.33. The van der Waals surface area contributed by atoms with E-state index in [1.807, 2.05) is 24.3 Å². The maximum Gasteiger partial charge on any atom is 0.195 e. The molecule has 0 aliphatic carbocycles. The van der Waals surface area contributed by atoms with Gasteiger partial charge >= 0.3 is 0 Å². The average molecular weight is 229 g/mol. The van der Waals surface area contributed by atoms with Crippen LogP contribution < -0.4 is 5.43 Å². The molecule has 0 bridgehead atoms.